The SMILES string of the molecule is CCOOC(=O)c1ccc(OC)c(OC)c1OC. The van der Waals surface area contributed by atoms with E-state index in [0.29, 0.717) is 11.5 Å². The van der Waals surface area contributed by atoms with E-state index in [4.69, 9.17) is 14.2 Å². The molecule has 0 fully saturated rings. The fourth-order valence-corrected chi connectivity index (χ4v) is 1.42. The molecule has 1 rings (SSSR count). The molecule has 0 amide bonds. The van der Waals surface area contributed by atoms with Crippen molar-refractivity contribution in [2.45, 2.75) is 6.92 Å². The fraction of sp³-hybridized carbons (Fsp3) is 0.417. The Kier molecular flexibility index (Phi) is 5.26. The van der Waals surface area contributed by atoms with E-state index in [-0.39, 0.29) is 17.9 Å². The van der Waals surface area contributed by atoms with E-state index in [1.807, 2.05) is 0 Å². The zero-order valence-electron chi connectivity index (χ0n) is 10.8. The van der Waals surface area contributed by atoms with Crippen LogP contribution in [0.1, 0.15) is 17.3 Å². The van der Waals surface area contributed by atoms with E-state index >= 15 is 0 Å². The molecule has 0 spiro atoms. The van der Waals surface area contributed by atoms with Crippen LogP contribution >= 0.6 is 0 Å². The van der Waals surface area contributed by atoms with Gasteiger partial charge in [0.2, 0.25) is 5.75 Å². The van der Waals surface area contributed by atoms with E-state index in [0.717, 1.165) is 0 Å². The lowest BCUT2D eigenvalue weighted by Crippen LogP contribution is -2.09. The number of methoxy groups -OCH3 is 3. The van der Waals surface area contributed by atoms with Crippen molar-refractivity contribution in [3.05, 3.63) is 17.7 Å². The lowest BCUT2D eigenvalue weighted by molar-refractivity contribution is -0.237. The van der Waals surface area contributed by atoms with Crippen LogP contribution in [-0.4, -0.2) is 33.9 Å². The molecule has 0 saturated carbocycles. The first-order valence-corrected chi connectivity index (χ1v) is 5.32. The molecule has 0 aliphatic heterocycles. The molecule has 1 aromatic carbocycles. The molecule has 0 heterocycles. The number of hydrogen-bond donors (Lipinski definition) is 0. The molecule has 0 unspecified atom stereocenters. The standard InChI is InChI=1S/C12H16O6/c1-5-17-18-12(13)8-6-7-9(14-2)11(16-4)10(8)15-3/h6-7H,5H2,1-4H3. The van der Waals surface area contributed by atoms with Gasteiger partial charge in [0.1, 0.15) is 5.56 Å². The molecule has 1 aromatic rings. The molecular weight excluding hydrogens is 240 g/mol. The Labute approximate surface area is 105 Å². The van der Waals surface area contributed by atoms with Crippen molar-refractivity contribution >= 4 is 5.97 Å². The van der Waals surface area contributed by atoms with Crippen LogP contribution in [0.15, 0.2) is 12.1 Å². The zero-order chi connectivity index (χ0) is 13.5. The number of benzene rings is 1. The average Bonchev–Trinajstić information content (AvgIpc) is 2.42. The van der Waals surface area contributed by atoms with E-state index in [2.05, 4.69) is 9.78 Å². The molecule has 6 heteroatoms. The van der Waals surface area contributed by atoms with Gasteiger partial charge in [0.05, 0.1) is 27.9 Å². The van der Waals surface area contributed by atoms with Crippen LogP contribution in [0.25, 0.3) is 0 Å². The topological polar surface area (TPSA) is 63.2 Å². The van der Waals surface area contributed by atoms with Crippen LogP contribution in [0.5, 0.6) is 17.2 Å². The van der Waals surface area contributed by atoms with Crippen molar-refractivity contribution in [3.8, 4) is 17.2 Å². The lowest BCUT2D eigenvalue weighted by atomic mass is 10.1. The maximum atomic E-state index is 11.7. The molecule has 6 nitrogen and oxygen atoms in total. The Hall–Kier alpha value is -1.95. The summed E-state index contributed by atoms with van der Waals surface area (Å²) in [5.41, 5.74) is 0.198. The van der Waals surface area contributed by atoms with Gasteiger partial charge < -0.3 is 14.2 Å². The molecule has 0 aromatic heterocycles. The molecule has 0 saturated heterocycles. The first kappa shape index (κ1) is 14.1. The molecule has 0 atom stereocenters. The van der Waals surface area contributed by atoms with Crippen molar-refractivity contribution in [2.75, 3.05) is 27.9 Å². The molecule has 0 aliphatic rings. The summed E-state index contributed by atoms with van der Waals surface area (Å²) in [6, 6.07) is 3.10. The van der Waals surface area contributed by atoms with Gasteiger partial charge in [-0.15, -0.1) is 0 Å². The number of carbonyl (C=O) groups excluding carboxylic acids is 1. The van der Waals surface area contributed by atoms with Gasteiger partial charge >= 0.3 is 5.97 Å². The minimum absolute atomic E-state index is 0.198. The van der Waals surface area contributed by atoms with Crippen LogP contribution in [0.2, 0.25) is 0 Å². The second-order valence-corrected chi connectivity index (χ2v) is 3.16. The van der Waals surface area contributed by atoms with Gasteiger partial charge in [0.15, 0.2) is 11.5 Å². The zero-order valence-corrected chi connectivity index (χ0v) is 10.8. The van der Waals surface area contributed by atoms with Gasteiger partial charge in [-0.3, -0.25) is 4.89 Å². The van der Waals surface area contributed by atoms with Crippen LogP contribution < -0.4 is 14.2 Å². The van der Waals surface area contributed by atoms with Crippen molar-refractivity contribution in [1.82, 2.24) is 0 Å². The molecule has 0 radical (unpaired) electrons. The molecule has 100 valence electrons. The quantitative estimate of drug-likeness (QED) is 0.571. The summed E-state index contributed by atoms with van der Waals surface area (Å²) < 4.78 is 15.4. The molecule has 0 aliphatic carbocycles. The largest absolute Gasteiger partial charge is 0.493 e. The predicted molar refractivity (Wildman–Crippen MR) is 63.1 cm³/mol. The Balaban J connectivity index is 3.16. The van der Waals surface area contributed by atoms with Crippen LogP contribution in [0.4, 0.5) is 0 Å². The average molecular weight is 256 g/mol. The van der Waals surface area contributed by atoms with Crippen molar-refractivity contribution < 1.29 is 28.8 Å². The number of rotatable bonds is 6. The fourth-order valence-electron chi connectivity index (χ4n) is 1.42. The van der Waals surface area contributed by atoms with Gasteiger partial charge in [0, 0.05) is 0 Å². The third kappa shape index (κ3) is 2.84. The third-order valence-electron chi connectivity index (χ3n) is 2.18. The summed E-state index contributed by atoms with van der Waals surface area (Å²) in [6.45, 7) is 1.97. The smallest absolute Gasteiger partial charge is 0.376 e. The first-order valence-electron chi connectivity index (χ1n) is 5.32. The minimum Gasteiger partial charge on any atom is -0.493 e. The maximum absolute atomic E-state index is 11.7. The van der Waals surface area contributed by atoms with Crippen LogP contribution in [-0.2, 0) is 9.78 Å². The minimum atomic E-state index is -0.658. The molecule has 0 bridgehead atoms. The van der Waals surface area contributed by atoms with E-state index in [1.165, 1.54) is 27.4 Å². The normalized spacial score (nSPS) is 9.78. The highest BCUT2D eigenvalue weighted by Crippen LogP contribution is 2.39. The van der Waals surface area contributed by atoms with Gasteiger partial charge in [-0.1, -0.05) is 0 Å². The first-order chi connectivity index (χ1) is 8.69. The Morgan fingerprint density at radius 3 is 2.22 bits per heavy atom. The number of carbonyl (C=O) groups is 1. The highest BCUT2D eigenvalue weighted by Gasteiger charge is 2.22. The van der Waals surface area contributed by atoms with E-state index in [9.17, 15) is 4.79 Å². The van der Waals surface area contributed by atoms with Crippen molar-refractivity contribution in [2.24, 2.45) is 0 Å². The van der Waals surface area contributed by atoms with Gasteiger partial charge in [-0.25, -0.2) is 4.79 Å². The number of hydrogen-bond acceptors (Lipinski definition) is 6. The third-order valence-corrected chi connectivity index (χ3v) is 2.18. The summed E-state index contributed by atoms with van der Waals surface area (Å²) in [6.07, 6.45) is 0. The molecular formula is C12H16O6. The van der Waals surface area contributed by atoms with Gasteiger partial charge in [-0.2, -0.15) is 4.89 Å². The van der Waals surface area contributed by atoms with E-state index in [1.54, 1.807) is 13.0 Å². The van der Waals surface area contributed by atoms with Gasteiger partial charge in [0.25, 0.3) is 0 Å². The Bertz CT molecular complexity index is 415. The monoisotopic (exact) mass is 256 g/mol. The highest BCUT2D eigenvalue weighted by atomic mass is 17.2. The summed E-state index contributed by atoms with van der Waals surface area (Å²) in [7, 11) is 4.38. The molecule has 18 heavy (non-hydrogen) atoms. The Morgan fingerprint density at radius 1 is 1.06 bits per heavy atom. The second-order valence-electron chi connectivity index (χ2n) is 3.16. The van der Waals surface area contributed by atoms with Crippen LogP contribution in [0.3, 0.4) is 0 Å². The summed E-state index contributed by atoms with van der Waals surface area (Å²) >= 11 is 0. The molecule has 0 N–H and O–H groups in total. The Morgan fingerprint density at radius 2 is 1.72 bits per heavy atom. The summed E-state index contributed by atoms with van der Waals surface area (Å²) in [4.78, 5) is 20.9. The van der Waals surface area contributed by atoms with Crippen LogP contribution in [0, 0.1) is 0 Å². The van der Waals surface area contributed by atoms with Crippen molar-refractivity contribution in [1.29, 1.82) is 0 Å². The second kappa shape index (κ2) is 6.70. The van der Waals surface area contributed by atoms with Crippen molar-refractivity contribution in [3.63, 3.8) is 0 Å². The lowest BCUT2D eigenvalue weighted by Gasteiger charge is -2.14. The van der Waals surface area contributed by atoms with E-state index < -0.39 is 5.97 Å². The summed E-state index contributed by atoms with van der Waals surface area (Å²) in [5, 5.41) is 0. The maximum Gasteiger partial charge on any atom is 0.376 e. The summed E-state index contributed by atoms with van der Waals surface area (Å²) in [5.74, 6) is 0.365. The number of ether oxygens (including phenoxy) is 3. The van der Waals surface area contributed by atoms with Gasteiger partial charge in [-0.05, 0) is 19.1 Å². The predicted octanol–water partition coefficient (Wildman–Crippen LogP) is 1.82. The highest BCUT2D eigenvalue weighted by molar-refractivity contribution is 5.93.